The fraction of sp³-hybridized carbons (Fsp3) is 0.241. The van der Waals surface area contributed by atoms with Gasteiger partial charge in [0, 0.05) is 22.6 Å². The van der Waals surface area contributed by atoms with E-state index < -0.39 is 5.92 Å². The average molecular weight is 487 g/mol. The minimum atomic E-state index is -0.398. The smallest absolute Gasteiger partial charge is 0.312 e. The fourth-order valence-corrected chi connectivity index (χ4v) is 4.67. The normalized spacial score (nSPS) is 17.4. The van der Waals surface area contributed by atoms with E-state index in [1.807, 2.05) is 50.2 Å². The molecule has 0 fully saturated rings. The van der Waals surface area contributed by atoms with Gasteiger partial charge in [0.1, 0.15) is 17.2 Å². The van der Waals surface area contributed by atoms with Crippen LogP contribution in [0.3, 0.4) is 0 Å². The van der Waals surface area contributed by atoms with Crippen molar-refractivity contribution in [3.8, 4) is 28.7 Å². The van der Waals surface area contributed by atoms with Crippen LogP contribution in [0.2, 0.25) is 0 Å². The molecular weight excluding hydrogens is 460 g/mol. The second kappa shape index (κ2) is 9.41. The number of fused-ring (bicyclic) bond motifs is 3. The van der Waals surface area contributed by atoms with Crippen molar-refractivity contribution in [2.45, 2.75) is 32.3 Å². The molecule has 0 unspecified atom stereocenters. The summed E-state index contributed by atoms with van der Waals surface area (Å²) in [7, 11) is 3.09. The van der Waals surface area contributed by atoms with Crippen molar-refractivity contribution in [2.24, 2.45) is 0 Å². The summed E-state index contributed by atoms with van der Waals surface area (Å²) in [4.78, 5) is 25.9. The number of methoxy groups -OCH3 is 2. The second-order valence-corrected chi connectivity index (χ2v) is 8.81. The summed E-state index contributed by atoms with van der Waals surface area (Å²) >= 11 is 0. The Hall–Kier alpha value is -4.26. The maximum atomic E-state index is 13.4. The lowest BCUT2D eigenvalue weighted by atomic mass is 9.84. The molecule has 0 radical (unpaired) electrons. The number of ketones is 1. The largest absolute Gasteiger partial charge is 0.493 e. The molecule has 2 aliphatic rings. The first kappa shape index (κ1) is 23.5. The van der Waals surface area contributed by atoms with Crippen molar-refractivity contribution < 1.29 is 33.3 Å². The number of carbonyl (C=O) groups is 2. The Morgan fingerprint density at radius 1 is 0.917 bits per heavy atom. The third-order valence-electron chi connectivity index (χ3n) is 6.16. The molecule has 2 aliphatic heterocycles. The quantitative estimate of drug-likeness (QED) is 0.257. The van der Waals surface area contributed by atoms with Gasteiger partial charge in [-0.2, -0.15) is 0 Å². The Bertz CT molecular complexity index is 1390. The van der Waals surface area contributed by atoms with Gasteiger partial charge in [0.15, 0.2) is 17.3 Å². The number of carbonyl (C=O) groups excluding carboxylic acids is 2. The van der Waals surface area contributed by atoms with Gasteiger partial charge in [-0.05, 0) is 44.2 Å². The van der Waals surface area contributed by atoms with E-state index >= 15 is 0 Å². The summed E-state index contributed by atoms with van der Waals surface area (Å²) in [5.41, 5.74) is 2.54. The lowest BCUT2D eigenvalue weighted by Crippen LogP contribution is -2.22. The molecule has 2 heterocycles. The topological polar surface area (TPSA) is 80.3 Å². The summed E-state index contributed by atoms with van der Waals surface area (Å²) in [6, 6.07) is 16.3. The summed E-state index contributed by atoms with van der Waals surface area (Å²) in [5, 5.41) is 0. The van der Waals surface area contributed by atoms with E-state index in [0.29, 0.717) is 45.4 Å². The average Bonchev–Trinajstić information content (AvgIpc) is 3.18. The number of Topliss-reactive ketones (excluding diaryl/α,β-unsaturated/α-hetero) is 1. The van der Waals surface area contributed by atoms with E-state index in [9.17, 15) is 9.59 Å². The maximum absolute atomic E-state index is 13.4. The number of hydrogen-bond acceptors (Lipinski definition) is 7. The summed E-state index contributed by atoms with van der Waals surface area (Å²) in [6.07, 6.45) is 1.69. The van der Waals surface area contributed by atoms with Gasteiger partial charge in [0.05, 0.1) is 32.3 Å². The monoisotopic (exact) mass is 486 g/mol. The van der Waals surface area contributed by atoms with Gasteiger partial charge >= 0.3 is 5.97 Å². The number of hydrogen-bond donors (Lipinski definition) is 0. The van der Waals surface area contributed by atoms with Crippen LogP contribution in [-0.2, 0) is 4.79 Å². The van der Waals surface area contributed by atoms with Crippen LogP contribution >= 0.6 is 0 Å². The first-order chi connectivity index (χ1) is 17.4. The van der Waals surface area contributed by atoms with Crippen LogP contribution in [0.5, 0.6) is 28.7 Å². The molecule has 3 aromatic carbocycles. The number of ether oxygens (including phenoxy) is 5. The van der Waals surface area contributed by atoms with Crippen LogP contribution in [0.1, 0.15) is 53.2 Å². The van der Waals surface area contributed by atoms with Gasteiger partial charge in [-0.15, -0.1) is 0 Å². The van der Waals surface area contributed by atoms with E-state index in [4.69, 9.17) is 23.7 Å². The predicted octanol–water partition coefficient (Wildman–Crippen LogP) is 5.55. The highest BCUT2D eigenvalue weighted by atomic mass is 16.5. The van der Waals surface area contributed by atoms with Crippen molar-refractivity contribution in [1.29, 1.82) is 0 Å². The first-order valence-corrected chi connectivity index (χ1v) is 11.7. The Labute approximate surface area is 209 Å². The van der Waals surface area contributed by atoms with Crippen molar-refractivity contribution in [2.75, 3.05) is 14.2 Å². The molecule has 0 aliphatic carbocycles. The molecule has 5 rings (SSSR count). The molecule has 3 aromatic rings. The third kappa shape index (κ3) is 4.06. The summed E-state index contributed by atoms with van der Waals surface area (Å²) < 4.78 is 28.7. The molecule has 1 atom stereocenters. The molecule has 0 spiro atoms. The number of allylic oxidation sites excluding steroid dienone is 1. The molecule has 0 saturated heterocycles. The molecule has 0 N–H and O–H groups in total. The molecule has 0 amide bonds. The minimum Gasteiger partial charge on any atom is -0.493 e. The highest BCUT2D eigenvalue weighted by molar-refractivity contribution is 6.15. The van der Waals surface area contributed by atoms with Crippen LogP contribution in [0, 0.1) is 0 Å². The van der Waals surface area contributed by atoms with E-state index in [1.54, 1.807) is 31.4 Å². The van der Waals surface area contributed by atoms with Gasteiger partial charge in [-0.25, -0.2) is 0 Å². The first-order valence-electron chi connectivity index (χ1n) is 11.7. The van der Waals surface area contributed by atoms with Gasteiger partial charge in [0.2, 0.25) is 5.78 Å². The van der Waals surface area contributed by atoms with Crippen molar-refractivity contribution in [1.82, 2.24) is 0 Å². The van der Waals surface area contributed by atoms with Crippen LogP contribution in [0.25, 0.3) is 6.08 Å². The maximum Gasteiger partial charge on any atom is 0.312 e. The minimum absolute atomic E-state index is 0.0483. The zero-order chi connectivity index (χ0) is 25.4. The molecule has 0 bridgehead atoms. The van der Waals surface area contributed by atoms with Gasteiger partial charge in [-0.3, -0.25) is 9.59 Å². The zero-order valence-electron chi connectivity index (χ0n) is 20.5. The van der Waals surface area contributed by atoms with Crippen LogP contribution in [0.15, 0.2) is 60.4 Å². The zero-order valence-corrected chi connectivity index (χ0v) is 20.5. The second-order valence-electron chi connectivity index (χ2n) is 8.81. The Morgan fingerprint density at radius 3 is 2.44 bits per heavy atom. The third-order valence-corrected chi connectivity index (χ3v) is 6.16. The number of para-hydroxylation sites is 2. The van der Waals surface area contributed by atoms with Crippen LogP contribution in [0.4, 0.5) is 0 Å². The van der Waals surface area contributed by atoms with Crippen LogP contribution in [-0.4, -0.2) is 32.1 Å². The standard InChI is InChI=1S/C29H26O7/c1-16(2)34-21-10-6-5-9-18(21)20-15-25(30)35-22-13-12-19-27(31)24(36-29(19)26(20)22)14-17-8-7-11-23(32-3)28(17)33-4/h5-14,16,20H,15H2,1-4H3/b24-14-/t20-/m0/s1. The number of rotatable bonds is 6. The molecule has 7 heteroatoms. The fourth-order valence-electron chi connectivity index (χ4n) is 4.67. The van der Waals surface area contributed by atoms with E-state index in [-0.39, 0.29) is 30.0 Å². The van der Waals surface area contributed by atoms with Crippen molar-refractivity contribution in [3.63, 3.8) is 0 Å². The molecule has 36 heavy (non-hydrogen) atoms. The van der Waals surface area contributed by atoms with Gasteiger partial charge < -0.3 is 23.7 Å². The molecule has 184 valence electrons. The SMILES string of the molecule is COc1cccc(/C=C2\Oc3c(ccc4c3[C@H](c3ccccc3OC(C)C)CC(=O)O4)C2=O)c1OC. The van der Waals surface area contributed by atoms with Crippen LogP contribution < -0.4 is 23.7 Å². The Balaban J connectivity index is 1.62. The summed E-state index contributed by atoms with van der Waals surface area (Å²) in [6.45, 7) is 3.90. The van der Waals surface area contributed by atoms with E-state index in [2.05, 4.69) is 0 Å². The van der Waals surface area contributed by atoms with E-state index in [0.717, 1.165) is 5.56 Å². The Kier molecular flexibility index (Phi) is 6.14. The molecule has 7 nitrogen and oxygen atoms in total. The van der Waals surface area contributed by atoms with Crippen molar-refractivity contribution in [3.05, 3.63) is 82.6 Å². The molecular formula is C29H26O7. The highest BCUT2D eigenvalue weighted by Gasteiger charge is 2.39. The van der Waals surface area contributed by atoms with Gasteiger partial charge in [-0.1, -0.05) is 30.3 Å². The van der Waals surface area contributed by atoms with E-state index in [1.165, 1.54) is 7.11 Å². The molecule has 0 aromatic heterocycles. The van der Waals surface area contributed by atoms with Gasteiger partial charge in [0.25, 0.3) is 0 Å². The highest BCUT2D eigenvalue weighted by Crippen LogP contribution is 2.50. The van der Waals surface area contributed by atoms with Crippen molar-refractivity contribution >= 4 is 17.8 Å². The Morgan fingerprint density at radius 2 is 1.69 bits per heavy atom. The number of esters is 1. The predicted molar refractivity (Wildman–Crippen MR) is 133 cm³/mol. The lowest BCUT2D eigenvalue weighted by Gasteiger charge is -2.28. The number of benzene rings is 3. The molecule has 0 saturated carbocycles. The lowest BCUT2D eigenvalue weighted by molar-refractivity contribution is -0.135. The summed E-state index contributed by atoms with van der Waals surface area (Å²) in [5.74, 6) is 1.61.